The Hall–Kier alpha value is -1.68. The highest BCUT2D eigenvalue weighted by atomic mass is 32.1. The third kappa shape index (κ3) is 1.56. The Morgan fingerprint density at radius 3 is 2.89 bits per heavy atom. The first-order chi connectivity index (χ1) is 8.72. The van der Waals surface area contributed by atoms with Crippen LogP contribution in [0.15, 0.2) is 28.7 Å². The van der Waals surface area contributed by atoms with Crippen molar-refractivity contribution in [3.63, 3.8) is 0 Å². The van der Waals surface area contributed by atoms with Gasteiger partial charge in [0.25, 0.3) is 4.84 Å². The van der Waals surface area contributed by atoms with Gasteiger partial charge in [-0.05, 0) is 37.7 Å². The number of para-hydroxylation sites is 1. The van der Waals surface area contributed by atoms with Crippen molar-refractivity contribution in [3.05, 3.63) is 40.5 Å². The SMILES string of the molecule is CCCc1c(C)nc2c3ccccc3oc(=S)n12. The number of hydrogen-bond donors (Lipinski definition) is 0. The van der Waals surface area contributed by atoms with Crippen LogP contribution in [0.4, 0.5) is 0 Å². The minimum atomic E-state index is 0.479. The van der Waals surface area contributed by atoms with E-state index in [-0.39, 0.29) is 0 Å². The van der Waals surface area contributed by atoms with Gasteiger partial charge in [-0.15, -0.1) is 0 Å². The first-order valence-electron chi connectivity index (χ1n) is 6.12. The summed E-state index contributed by atoms with van der Waals surface area (Å²) in [6.45, 7) is 4.18. The van der Waals surface area contributed by atoms with Gasteiger partial charge in [-0.1, -0.05) is 25.5 Å². The van der Waals surface area contributed by atoms with Gasteiger partial charge in [-0.25, -0.2) is 4.98 Å². The Balaban J connectivity index is 2.52. The minimum Gasteiger partial charge on any atom is -0.430 e. The molecule has 0 unspecified atom stereocenters. The highest BCUT2D eigenvalue weighted by molar-refractivity contribution is 7.71. The summed E-state index contributed by atoms with van der Waals surface area (Å²) in [4.78, 5) is 5.14. The fourth-order valence-corrected chi connectivity index (χ4v) is 2.64. The lowest BCUT2D eigenvalue weighted by atomic mass is 10.2. The van der Waals surface area contributed by atoms with Crippen molar-refractivity contribution >= 4 is 28.8 Å². The molecule has 0 bridgehead atoms. The van der Waals surface area contributed by atoms with E-state index in [0.29, 0.717) is 4.84 Å². The number of nitrogens with zero attached hydrogens (tertiary/aromatic N) is 2. The van der Waals surface area contributed by atoms with Gasteiger partial charge in [-0.3, -0.25) is 4.40 Å². The molecule has 2 aromatic heterocycles. The van der Waals surface area contributed by atoms with E-state index in [0.717, 1.165) is 40.8 Å². The summed E-state index contributed by atoms with van der Waals surface area (Å²) in [5, 5.41) is 1.01. The zero-order valence-electron chi connectivity index (χ0n) is 10.4. The van der Waals surface area contributed by atoms with E-state index in [2.05, 4.69) is 11.9 Å². The molecule has 0 atom stereocenters. The van der Waals surface area contributed by atoms with Crippen LogP contribution < -0.4 is 0 Å². The van der Waals surface area contributed by atoms with E-state index < -0.39 is 0 Å². The number of imidazole rings is 1. The highest BCUT2D eigenvalue weighted by Gasteiger charge is 2.13. The molecule has 3 aromatic rings. The van der Waals surface area contributed by atoms with Gasteiger partial charge in [0.05, 0.1) is 11.1 Å². The molecule has 1 aromatic carbocycles. The van der Waals surface area contributed by atoms with Gasteiger partial charge in [0.15, 0.2) is 5.65 Å². The Bertz CT molecular complexity index is 785. The average Bonchev–Trinajstić information content (AvgIpc) is 2.68. The lowest BCUT2D eigenvalue weighted by Gasteiger charge is -2.03. The van der Waals surface area contributed by atoms with Gasteiger partial charge in [0, 0.05) is 5.69 Å². The summed E-state index contributed by atoms with van der Waals surface area (Å²) in [6, 6.07) is 7.88. The van der Waals surface area contributed by atoms with Gasteiger partial charge in [0.2, 0.25) is 0 Å². The number of benzene rings is 1. The summed E-state index contributed by atoms with van der Waals surface area (Å²) >= 11 is 5.35. The Kier molecular flexibility index (Phi) is 2.67. The molecule has 0 aliphatic carbocycles. The number of hydrogen-bond acceptors (Lipinski definition) is 3. The Labute approximate surface area is 110 Å². The van der Waals surface area contributed by atoms with Crippen molar-refractivity contribution < 1.29 is 4.42 Å². The molecule has 4 heteroatoms. The standard InChI is InChI=1S/C14H14N2OS/c1-3-6-11-9(2)15-13-10-7-4-5-8-12(10)17-14(18)16(11)13/h4-5,7-8H,3,6H2,1-2H3. The molecule has 2 heterocycles. The van der Waals surface area contributed by atoms with Crippen molar-refractivity contribution in [2.45, 2.75) is 26.7 Å². The van der Waals surface area contributed by atoms with Crippen LogP contribution in [0.25, 0.3) is 16.6 Å². The quantitative estimate of drug-likeness (QED) is 0.649. The van der Waals surface area contributed by atoms with E-state index >= 15 is 0 Å². The van der Waals surface area contributed by atoms with Crippen molar-refractivity contribution in [1.82, 2.24) is 9.38 Å². The maximum atomic E-state index is 5.71. The first-order valence-corrected chi connectivity index (χ1v) is 6.53. The van der Waals surface area contributed by atoms with Crippen molar-refractivity contribution in [2.24, 2.45) is 0 Å². The van der Waals surface area contributed by atoms with Gasteiger partial charge >= 0.3 is 0 Å². The predicted octanol–water partition coefficient (Wildman–Crippen LogP) is 4.07. The van der Waals surface area contributed by atoms with E-state index in [1.54, 1.807) is 0 Å². The van der Waals surface area contributed by atoms with Crippen LogP contribution in [-0.2, 0) is 6.42 Å². The Morgan fingerprint density at radius 1 is 1.33 bits per heavy atom. The molecule has 3 rings (SSSR count). The summed E-state index contributed by atoms with van der Waals surface area (Å²) in [6.07, 6.45) is 2.03. The lowest BCUT2D eigenvalue weighted by Crippen LogP contribution is -1.96. The third-order valence-electron chi connectivity index (χ3n) is 3.17. The topological polar surface area (TPSA) is 30.4 Å². The molecule has 0 saturated carbocycles. The van der Waals surface area contributed by atoms with Crippen LogP contribution >= 0.6 is 12.2 Å². The highest BCUT2D eigenvalue weighted by Crippen LogP contribution is 2.23. The van der Waals surface area contributed by atoms with Crippen LogP contribution in [0.3, 0.4) is 0 Å². The van der Waals surface area contributed by atoms with Gasteiger partial charge in [-0.2, -0.15) is 0 Å². The molecule has 92 valence electrons. The average molecular weight is 258 g/mol. The summed E-state index contributed by atoms with van der Waals surface area (Å²) in [5.74, 6) is 0. The van der Waals surface area contributed by atoms with E-state index in [1.165, 1.54) is 0 Å². The monoisotopic (exact) mass is 258 g/mol. The van der Waals surface area contributed by atoms with Crippen molar-refractivity contribution in [1.29, 1.82) is 0 Å². The third-order valence-corrected chi connectivity index (χ3v) is 3.43. The largest absolute Gasteiger partial charge is 0.430 e. The van der Waals surface area contributed by atoms with Crippen molar-refractivity contribution in [3.8, 4) is 0 Å². The normalized spacial score (nSPS) is 11.4. The number of fused-ring (bicyclic) bond motifs is 3. The number of rotatable bonds is 2. The lowest BCUT2D eigenvalue weighted by molar-refractivity contribution is 0.546. The second-order valence-corrected chi connectivity index (χ2v) is 4.77. The minimum absolute atomic E-state index is 0.479. The van der Waals surface area contributed by atoms with Gasteiger partial charge in [0.1, 0.15) is 5.58 Å². The maximum Gasteiger partial charge on any atom is 0.275 e. The first kappa shape index (κ1) is 11.4. The van der Waals surface area contributed by atoms with Crippen LogP contribution in [-0.4, -0.2) is 9.38 Å². The number of aryl methyl sites for hydroxylation is 2. The van der Waals surface area contributed by atoms with Crippen molar-refractivity contribution in [2.75, 3.05) is 0 Å². The summed E-state index contributed by atoms with van der Waals surface area (Å²) < 4.78 is 7.68. The molecular formula is C14H14N2OS. The second kappa shape index (κ2) is 4.21. The zero-order valence-corrected chi connectivity index (χ0v) is 11.3. The Morgan fingerprint density at radius 2 is 2.11 bits per heavy atom. The molecule has 0 amide bonds. The molecule has 0 aliphatic rings. The van der Waals surface area contributed by atoms with E-state index in [4.69, 9.17) is 16.6 Å². The molecule has 0 saturated heterocycles. The summed E-state index contributed by atoms with van der Waals surface area (Å²) in [7, 11) is 0. The van der Waals surface area contributed by atoms with Crippen LogP contribution in [0.2, 0.25) is 0 Å². The zero-order chi connectivity index (χ0) is 12.7. The molecule has 0 spiro atoms. The smallest absolute Gasteiger partial charge is 0.275 e. The molecule has 3 nitrogen and oxygen atoms in total. The molecular weight excluding hydrogens is 244 g/mol. The molecule has 0 N–H and O–H groups in total. The van der Waals surface area contributed by atoms with Crippen LogP contribution in [0.5, 0.6) is 0 Å². The fraction of sp³-hybridized carbons (Fsp3) is 0.286. The second-order valence-electron chi connectivity index (χ2n) is 4.42. The molecule has 0 radical (unpaired) electrons. The fourth-order valence-electron chi connectivity index (χ4n) is 2.35. The summed E-state index contributed by atoms with van der Waals surface area (Å²) in [5.41, 5.74) is 3.90. The van der Waals surface area contributed by atoms with Crippen LogP contribution in [0, 0.1) is 11.8 Å². The predicted molar refractivity (Wildman–Crippen MR) is 74.5 cm³/mol. The molecule has 18 heavy (non-hydrogen) atoms. The molecule has 0 aliphatic heterocycles. The van der Waals surface area contributed by atoms with Gasteiger partial charge < -0.3 is 4.42 Å². The molecule has 0 fully saturated rings. The number of aromatic nitrogens is 2. The maximum absolute atomic E-state index is 5.71. The van der Waals surface area contributed by atoms with E-state index in [9.17, 15) is 0 Å². The van der Waals surface area contributed by atoms with Crippen LogP contribution in [0.1, 0.15) is 24.7 Å². The van der Waals surface area contributed by atoms with E-state index in [1.807, 2.05) is 35.6 Å².